The van der Waals surface area contributed by atoms with Gasteiger partial charge in [-0.1, -0.05) is 30.3 Å². The Morgan fingerprint density at radius 1 is 1.24 bits per heavy atom. The third-order valence-corrected chi connectivity index (χ3v) is 4.44. The van der Waals surface area contributed by atoms with Crippen molar-refractivity contribution in [3.05, 3.63) is 59.7 Å². The summed E-state index contributed by atoms with van der Waals surface area (Å²) in [5.74, 6) is 1.29. The molecule has 2 aliphatic rings. The molecule has 0 bridgehead atoms. The zero-order chi connectivity index (χ0) is 17.2. The van der Waals surface area contributed by atoms with E-state index in [0.29, 0.717) is 24.7 Å². The standard InChI is InChI=1S/C19H19N3O3/c23-8-9-25-15-6-7-16-14(11-15)12-22-17(18(24)21-19(22)20-16)10-13-4-2-1-3-5-13/h1-7,11,17,23H,8-10,12H2,(H,20,21,24). The molecule has 1 saturated heterocycles. The lowest BCUT2D eigenvalue weighted by molar-refractivity contribution is -0.121. The molecule has 1 unspecified atom stereocenters. The van der Waals surface area contributed by atoms with E-state index in [1.54, 1.807) is 0 Å². The summed E-state index contributed by atoms with van der Waals surface area (Å²) in [6.45, 7) is 0.831. The molecule has 2 aliphatic heterocycles. The zero-order valence-corrected chi connectivity index (χ0v) is 13.7. The Morgan fingerprint density at radius 3 is 2.88 bits per heavy atom. The van der Waals surface area contributed by atoms with E-state index in [-0.39, 0.29) is 25.2 Å². The summed E-state index contributed by atoms with van der Waals surface area (Å²) >= 11 is 0. The molecule has 1 amide bonds. The minimum atomic E-state index is -0.267. The molecule has 25 heavy (non-hydrogen) atoms. The Balaban J connectivity index is 1.58. The lowest BCUT2D eigenvalue weighted by atomic mass is 10.0. The number of fused-ring (bicyclic) bond motifs is 2. The van der Waals surface area contributed by atoms with Crippen molar-refractivity contribution < 1.29 is 14.6 Å². The van der Waals surface area contributed by atoms with E-state index in [2.05, 4.69) is 10.3 Å². The molecular weight excluding hydrogens is 318 g/mol. The third-order valence-electron chi connectivity index (χ3n) is 4.44. The molecule has 0 saturated carbocycles. The van der Waals surface area contributed by atoms with Crippen molar-refractivity contribution in [2.24, 2.45) is 4.99 Å². The van der Waals surface area contributed by atoms with Gasteiger partial charge in [0.15, 0.2) is 0 Å². The van der Waals surface area contributed by atoms with Crippen molar-refractivity contribution in [2.45, 2.75) is 19.0 Å². The molecule has 4 rings (SSSR count). The number of carbonyl (C=O) groups excluding carboxylic acids is 1. The summed E-state index contributed by atoms with van der Waals surface area (Å²) in [6.07, 6.45) is 0.641. The van der Waals surface area contributed by atoms with Crippen LogP contribution in [-0.2, 0) is 17.8 Å². The van der Waals surface area contributed by atoms with Gasteiger partial charge in [-0.25, -0.2) is 4.99 Å². The van der Waals surface area contributed by atoms with Gasteiger partial charge in [-0.05, 0) is 23.8 Å². The number of nitrogens with zero attached hydrogens (tertiary/aromatic N) is 2. The van der Waals surface area contributed by atoms with Crippen LogP contribution in [0.15, 0.2) is 53.5 Å². The van der Waals surface area contributed by atoms with E-state index in [1.807, 2.05) is 53.4 Å². The predicted molar refractivity (Wildman–Crippen MR) is 93.7 cm³/mol. The fourth-order valence-corrected chi connectivity index (χ4v) is 3.22. The van der Waals surface area contributed by atoms with Crippen LogP contribution >= 0.6 is 0 Å². The number of aliphatic hydroxyl groups is 1. The number of aliphatic imine (C=N–C) groups is 1. The van der Waals surface area contributed by atoms with Crippen LogP contribution in [0.1, 0.15) is 11.1 Å². The van der Waals surface area contributed by atoms with Gasteiger partial charge in [0.25, 0.3) is 0 Å². The zero-order valence-electron chi connectivity index (χ0n) is 13.7. The Hall–Kier alpha value is -2.86. The average molecular weight is 337 g/mol. The summed E-state index contributed by atoms with van der Waals surface area (Å²) < 4.78 is 5.48. The summed E-state index contributed by atoms with van der Waals surface area (Å²) in [5, 5.41) is 11.8. The monoisotopic (exact) mass is 337 g/mol. The first-order valence-electron chi connectivity index (χ1n) is 8.31. The van der Waals surface area contributed by atoms with Crippen molar-refractivity contribution in [2.75, 3.05) is 13.2 Å². The lowest BCUT2D eigenvalue weighted by Crippen LogP contribution is -2.38. The molecule has 2 aromatic rings. The molecule has 6 heteroatoms. The number of aliphatic hydroxyl groups excluding tert-OH is 1. The first-order chi connectivity index (χ1) is 12.2. The van der Waals surface area contributed by atoms with Crippen LogP contribution in [0.3, 0.4) is 0 Å². The van der Waals surface area contributed by atoms with E-state index in [0.717, 1.165) is 16.8 Å². The quantitative estimate of drug-likeness (QED) is 0.869. The van der Waals surface area contributed by atoms with Gasteiger partial charge in [0.2, 0.25) is 11.9 Å². The molecule has 0 radical (unpaired) electrons. The number of hydrogen-bond acceptors (Lipinski definition) is 5. The van der Waals surface area contributed by atoms with Crippen LogP contribution in [0.25, 0.3) is 0 Å². The highest BCUT2D eigenvalue weighted by atomic mass is 16.5. The van der Waals surface area contributed by atoms with Crippen LogP contribution in [-0.4, -0.2) is 41.1 Å². The van der Waals surface area contributed by atoms with Gasteiger partial charge < -0.3 is 14.7 Å². The van der Waals surface area contributed by atoms with Gasteiger partial charge in [0, 0.05) is 18.5 Å². The molecule has 0 aromatic heterocycles. The number of benzene rings is 2. The van der Waals surface area contributed by atoms with Gasteiger partial charge in [-0.15, -0.1) is 0 Å². The number of guanidine groups is 1. The fourth-order valence-electron chi connectivity index (χ4n) is 3.22. The van der Waals surface area contributed by atoms with Gasteiger partial charge in [-0.3, -0.25) is 10.1 Å². The van der Waals surface area contributed by atoms with Crippen molar-refractivity contribution in [1.82, 2.24) is 10.2 Å². The molecule has 128 valence electrons. The van der Waals surface area contributed by atoms with E-state index in [9.17, 15) is 4.79 Å². The molecular formula is C19H19N3O3. The van der Waals surface area contributed by atoms with Crippen molar-refractivity contribution in [3.63, 3.8) is 0 Å². The number of rotatable bonds is 5. The van der Waals surface area contributed by atoms with Crippen molar-refractivity contribution in [1.29, 1.82) is 0 Å². The minimum absolute atomic E-state index is 0.0211. The summed E-state index contributed by atoms with van der Waals surface area (Å²) in [5.41, 5.74) is 2.96. The number of carbonyl (C=O) groups is 1. The normalized spacial score (nSPS) is 18.3. The fraction of sp³-hybridized carbons (Fsp3) is 0.263. The second-order valence-corrected chi connectivity index (χ2v) is 6.12. The molecule has 2 aromatic carbocycles. The Kier molecular flexibility index (Phi) is 4.11. The Bertz CT molecular complexity index is 820. The van der Waals surface area contributed by atoms with Crippen molar-refractivity contribution >= 4 is 17.6 Å². The van der Waals surface area contributed by atoms with E-state index in [1.165, 1.54) is 0 Å². The van der Waals surface area contributed by atoms with Gasteiger partial charge >= 0.3 is 0 Å². The maximum absolute atomic E-state index is 12.4. The number of amides is 1. The highest BCUT2D eigenvalue weighted by Gasteiger charge is 2.38. The largest absolute Gasteiger partial charge is 0.491 e. The van der Waals surface area contributed by atoms with Crippen LogP contribution in [0, 0.1) is 0 Å². The lowest BCUT2D eigenvalue weighted by Gasteiger charge is -2.28. The molecule has 2 heterocycles. The second-order valence-electron chi connectivity index (χ2n) is 6.12. The second kappa shape index (κ2) is 6.57. The maximum atomic E-state index is 12.4. The molecule has 2 N–H and O–H groups in total. The summed E-state index contributed by atoms with van der Waals surface area (Å²) in [4.78, 5) is 19.0. The molecule has 0 spiro atoms. The molecule has 1 atom stereocenters. The first-order valence-corrected chi connectivity index (χ1v) is 8.31. The van der Waals surface area contributed by atoms with E-state index in [4.69, 9.17) is 9.84 Å². The molecule has 6 nitrogen and oxygen atoms in total. The maximum Gasteiger partial charge on any atom is 0.249 e. The number of hydrogen-bond donors (Lipinski definition) is 2. The van der Waals surface area contributed by atoms with Gasteiger partial charge in [0.1, 0.15) is 18.4 Å². The van der Waals surface area contributed by atoms with Gasteiger partial charge in [-0.2, -0.15) is 0 Å². The number of ether oxygens (including phenoxy) is 1. The van der Waals surface area contributed by atoms with Crippen LogP contribution < -0.4 is 10.1 Å². The van der Waals surface area contributed by atoms with E-state index >= 15 is 0 Å². The van der Waals surface area contributed by atoms with E-state index < -0.39 is 0 Å². The van der Waals surface area contributed by atoms with Gasteiger partial charge in [0.05, 0.1) is 12.3 Å². The SMILES string of the molecule is O=C1NC2=Nc3ccc(OCCO)cc3CN2C1Cc1ccccc1. The molecule has 1 fully saturated rings. The number of nitrogens with one attached hydrogen (secondary N) is 1. The predicted octanol–water partition coefficient (Wildman–Crippen LogP) is 1.60. The topological polar surface area (TPSA) is 74.2 Å². The third kappa shape index (κ3) is 3.08. The summed E-state index contributed by atoms with van der Waals surface area (Å²) in [6, 6.07) is 15.3. The Morgan fingerprint density at radius 2 is 2.08 bits per heavy atom. The highest BCUT2D eigenvalue weighted by molar-refractivity contribution is 6.07. The van der Waals surface area contributed by atoms with Crippen LogP contribution in [0.4, 0.5) is 5.69 Å². The highest BCUT2D eigenvalue weighted by Crippen LogP contribution is 2.32. The summed E-state index contributed by atoms with van der Waals surface area (Å²) in [7, 11) is 0. The minimum Gasteiger partial charge on any atom is -0.491 e. The average Bonchev–Trinajstić information content (AvgIpc) is 2.93. The van der Waals surface area contributed by atoms with Crippen molar-refractivity contribution in [3.8, 4) is 5.75 Å². The van der Waals surface area contributed by atoms with Crippen LogP contribution in [0.5, 0.6) is 5.75 Å². The first kappa shape index (κ1) is 15.7. The smallest absolute Gasteiger partial charge is 0.249 e. The molecule has 0 aliphatic carbocycles. The van der Waals surface area contributed by atoms with Crippen LogP contribution in [0.2, 0.25) is 0 Å². The Labute approximate surface area is 145 Å².